The highest BCUT2D eigenvalue weighted by molar-refractivity contribution is 8.00. The number of nitrogens with one attached hydrogen (secondary N) is 1. The number of phosphoric ester groups is 2. The van der Waals surface area contributed by atoms with Gasteiger partial charge < -0.3 is 34.9 Å². The number of carbonyl (C=O) groups excluding carboxylic acids is 1. The molecule has 2 amide bonds. The van der Waals surface area contributed by atoms with Crippen LogP contribution in [0.4, 0.5) is 4.79 Å². The van der Waals surface area contributed by atoms with E-state index in [1.54, 1.807) is 6.08 Å². The summed E-state index contributed by atoms with van der Waals surface area (Å²) in [5, 5.41) is 23.0. The molecular weight excluding hydrogens is 569 g/mol. The Labute approximate surface area is 211 Å². The number of hydrogen-bond acceptors (Lipinski definition) is 12. The number of carbonyl (C=O) groups is 1. The lowest BCUT2D eigenvalue weighted by Crippen LogP contribution is -2.52. The van der Waals surface area contributed by atoms with Gasteiger partial charge in [-0.3, -0.25) is 13.9 Å². The number of hydrogen-bond donors (Lipinski definition) is 6. The van der Waals surface area contributed by atoms with Crippen LogP contribution in [0.2, 0.25) is 0 Å². The number of ether oxygens (including phenoxy) is 1. The molecule has 8 atom stereocenters. The minimum Gasteiger partial charge on any atom is -0.387 e. The van der Waals surface area contributed by atoms with Crippen molar-refractivity contribution in [3.63, 3.8) is 0 Å². The van der Waals surface area contributed by atoms with Gasteiger partial charge in [-0.1, -0.05) is 26.2 Å². The van der Waals surface area contributed by atoms with E-state index in [0.717, 1.165) is 36.3 Å². The van der Waals surface area contributed by atoms with Crippen molar-refractivity contribution in [3.05, 3.63) is 12.3 Å². The van der Waals surface area contributed by atoms with Crippen LogP contribution in [0.5, 0.6) is 0 Å². The third kappa shape index (κ3) is 9.75. The number of amides is 2. The Morgan fingerprint density at radius 1 is 1.06 bits per heavy atom. The average Bonchev–Trinajstić information content (AvgIpc) is 3.04. The molecule has 1 fully saturated rings. The molecule has 0 radical (unpaired) electrons. The summed E-state index contributed by atoms with van der Waals surface area (Å²) >= 11 is 1.53. The highest BCUT2D eigenvalue weighted by atomic mass is 32.2. The van der Waals surface area contributed by atoms with Gasteiger partial charge in [-0.2, -0.15) is 8.62 Å². The fraction of sp³-hybridized carbons (Fsp3) is 0.812. The third-order valence-electron chi connectivity index (χ3n) is 4.87. The zero-order valence-corrected chi connectivity index (χ0v) is 22.9. The standard InChI is InChI=1S/C16H31N2O14P3S/c1-3-4-5-6-9-36-12-7-8-18(16(21)17-12)15-14(20)13(19)11(30-15)10-29-34(24,25)32-35(26,27)31-33(22,23)28-2/h7-8,11-15,19-20H,3-6,9-10H2,1-2H3,(H,17,21)(H,22,23)(H,24,25)(H,26,27)/t11-,12?,13?,14+,15-/m1/s1. The quantitative estimate of drug-likeness (QED) is 0.116. The van der Waals surface area contributed by atoms with E-state index in [4.69, 9.17) is 9.63 Å². The summed E-state index contributed by atoms with van der Waals surface area (Å²) in [5.74, 6) is 0.840. The van der Waals surface area contributed by atoms with Crippen LogP contribution in [0.25, 0.3) is 0 Å². The number of unbranched alkanes of at least 4 members (excludes halogenated alkanes) is 3. The lowest BCUT2D eigenvalue weighted by atomic mass is 10.1. The molecule has 0 spiro atoms. The summed E-state index contributed by atoms with van der Waals surface area (Å²) in [6.07, 6.45) is 1.22. The molecular formula is C16H31N2O14P3S. The summed E-state index contributed by atoms with van der Waals surface area (Å²) in [7, 11) is -15.4. The van der Waals surface area contributed by atoms with E-state index < -0.39 is 60.6 Å². The van der Waals surface area contributed by atoms with E-state index >= 15 is 0 Å². The highest BCUT2D eigenvalue weighted by Crippen LogP contribution is 2.67. The lowest BCUT2D eigenvalue weighted by molar-refractivity contribution is -0.0650. The van der Waals surface area contributed by atoms with Crippen molar-refractivity contribution in [2.24, 2.45) is 0 Å². The van der Waals surface area contributed by atoms with E-state index in [1.165, 1.54) is 18.0 Å². The second-order valence-corrected chi connectivity index (χ2v) is 13.6. The third-order valence-corrected chi connectivity index (χ3v) is 10.3. The first-order valence-electron chi connectivity index (χ1n) is 10.7. The molecule has 20 heteroatoms. The van der Waals surface area contributed by atoms with Gasteiger partial charge in [0, 0.05) is 13.3 Å². The molecule has 2 rings (SSSR count). The molecule has 5 unspecified atom stereocenters. The number of nitrogens with zero attached hydrogens (tertiary/aromatic N) is 1. The number of aliphatic hydroxyl groups excluding tert-OH is 2. The van der Waals surface area contributed by atoms with Crippen molar-refractivity contribution < 1.29 is 65.8 Å². The molecule has 36 heavy (non-hydrogen) atoms. The summed E-state index contributed by atoms with van der Waals surface area (Å²) in [5.41, 5.74) is 0. The van der Waals surface area contributed by atoms with Crippen molar-refractivity contribution in [1.29, 1.82) is 0 Å². The topological polar surface area (TPSA) is 231 Å². The first-order valence-corrected chi connectivity index (χ1v) is 16.3. The Balaban J connectivity index is 1.91. The SMILES string of the molecule is CCCCCCSC1C=CN([C@@H]2O[C@H](COP(=O)(O)OP(=O)(O)OP(=O)(O)OC)C(O)[C@@H]2O)C(=O)N1. The molecule has 2 heterocycles. The van der Waals surface area contributed by atoms with E-state index in [0.29, 0.717) is 7.11 Å². The number of phosphoric acid groups is 3. The van der Waals surface area contributed by atoms with Gasteiger partial charge in [-0.25, -0.2) is 18.5 Å². The molecule has 2 aliphatic rings. The Hall–Kier alpha value is -0.350. The minimum atomic E-state index is -5.60. The largest absolute Gasteiger partial charge is 0.490 e. The second kappa shape index (κ2) is 13.6. The van der Waals surface area contributed by atoms with Crippen LogP contribution in [0.1, 0.15) is 32.6 Å². The number of aliphatic hydroxyl groups is 2. The molecule has 16 nitrogen and oxygen atoms in total. The Bertz CT molecular complexity index is 925. The second-order valence-electron chi connectivity index (χ2n) is 7.64. The molecule has 0 aliphatic carbocycles. The van der Waals surface area contributed by atoms with Crippen molar-refractivity contribution >= 4 is 41.3 Å². The van der Waals surface area contributed by atoms with Gasteiger partial charge in [0.2, 0.25) is 0 Å². The van der Waals surface area contributed by atoms with Crippen molar-refractivity contribution in [1.82, 2.24) is 10.2 Å². The maximum absolute atomic E-state index is 12.5. The zero-order valence-electron chi connectivity index (χ0n) is 19.4. The number of rotatable bonds is 15. The van der Waals surface area contributed by atoms with Gasteiger partial charge in [0.25, 0.3) is 0 Å². The maximum Gasteiger partial charge on any atom is 0.490 e. The Kier molecular flexibility index (Phi) is 12.1. The molecule has 0 aromatic carbocycles. The number of thioether (sulfide) groups is 1. The van der Waals surface area contributed by atoms with Crippen molar-refractivity contribution in [2.45, 2.75) is 62.5 Å². The van der Waals surface area contributed by atoms with Gasteiger partial charge >= 0.3 is 29.5 Å². The average molecular weight is 600 g/mol. The van der Waals surface area contributed by atoms with Crippen LogP contribution >= 0.6 is 35.2 Å². The lowest BCUT2D eigenvalue weighted by Gasteiger charge is -2.32. The van der Waals surface area contributed by atoms with Gasteiger partial charge in [0.15, 0.2) is 6.23 Å². The molecule has 6 N–H and O–H groups in total. The van der Waals surface area contributed by atoms with Crippen LogP contribution in [0.3, 0.4) is 0 Å². The van der Waals surface area contributed by atoms with E-state index in [-0.39, 0.29) is 5.37 Å². The van der Waals surface area contributed by atoms with Crippen LogP contribution < -0.4 is 5.32 Å². The fourth-order valence-electron chi connectivity index (χ4n) is 3.12. The zero-order chi connectivity index (χ0) is 27.1. The summed E-state index contributed by atoms with van der Waals surface area (Å²) in [4.78, 5) is 41.6. The first-order chi connectivity index (χ1) is 16.7. The van der Waals surface area contributed by atoms with Crippen molar-refractivity contribution in [2.75, 3.05) is 19.5 Å². The first kappa shape index (κ1) is 31.9. The van der Waals surface area contributed by atoms with Gasteiger partial charge in [-0.15, -0.1) is 11.8 Å². The molecule has 1 saturated heterocycles. The molecule has 210 valence electrons. The van der Waals surface area contributed by atoms with Crippen LogP contribution in [0, 0.1) is 0 Å². The maximum atomic E-state index is 12.5. The van der Waals surface area contributed by atoms with Gasteiger partial charge in [0.05, 0.1) is 12.0 Å². The van der Waals surface area contributed by atoms with E-state index in [9.17, 15) is 38.5 Å². The molecule has 2 aliphatic heterocycles. The predicted octanol–water partition coefficient (Wildman–Crippen LogP) is 1.61. The van der Waals surface area contributed by atoms with Gasteiger partial charge in [0.1, 0.15) is 18.3 Å². The van der Waals surface area contributed by atoms with Crippen molar-refractivity contribution in [3.8, 4) is 0 Å². The smallest absolute Gasteiger partial charge is 0.387 e. The minimum absolute atomic E-state index is 0.292. The van der Waals surface area contributed by atoms with E-state index in [2.05, 4.69) is 29.9 Å². The normalized spacial score (nSPS) is 31.5. The van der Waals surface area contributed by atoms with Crippen LogP contribution in [-0.2, 0) is 36.1 Å². The fourth-order valence-corrected chi connectivity index (χ4v) is 7.37. The summed E-state index contributed by atoms with van der Waals surface area (Å²) in [6.45, 7) is 1.16. The number of urea groups is 1. The van der Waals surface area contributed by atoms with Crippen LogP contribution in [-0.4, -0.2) is 85.2 Å². The van der Waals surface area contributed by atoms with Crippen LogP contribution in [0.15, 0.2) is 12.3 Å². The summed E-state index contributed by atoms with van der Waals surface area (Å²) < 4.78 is 56.3. The Morgan fingerprint density at radius 3 is 2.33 bits per heavy atom. The predicted molar refractivity (Wildman–Crippen MR) is 125 cm³/mol. The summed E-state index contributed by atoms with van der Waals surface area (Å²) in [6, 6.07) is -0.609. The highest BCUT2D eigenvalue weighted by Gasteiger charge is 2.49. The molecule has 0 bridgehead atoms. The monoisotopic (exact) mass is 600 g/mol. The van der Waals surface area contributed by atoms with E-state index in [1.807, 2.05) is 0 Å². The molecule has 0 aromatic rings. The molecule has 0 saturated carbocycles. The molecule has 0 aromatic heterocycles. The van der Waals surface area contributed by atoms with Gasteiger partial charge in [-0.05, 0) is 18.2 Å². The Morgan fingerprint density at radius 2 is 1.72 bits per heavy atom.